The van der Waals surface area contributed by atoms with Crippen LogP contribution in [0.2, 0.25) is 0 Å². The molecular weight excluding hydrogens is 239 g/mol. The summed E-state index contributed by atoms with van der Waals surface area (Å²) in [5.41, 5.74) is 1.82. The van der Waals surface area contributed by atoms with Gasteiger partial charge in [0.1, 0.15) is 6.17 Å². The van der Waals surface area contributed by atoms with E-state index in [0.29, 0.717) is 6.42 Å². The van der Waals surface area contributed by atoms with Crippen LogP contribution in [0.1, 0.15) is 18.5 Å². The molecule has 3 rings (SSSR count). The zero-order chi connectivity index (χ0) is 13.1. The molecule has 100 valence electrons. The van der Waals surface area contributed by atoms with E-state index in [-0.39, 0.29) is 5.92 Å². The highest BCUT2D eigenvalue weighted by molar-refractivity contribution is 5.78. The van der Waals surface area contributed by atoms with Crippen molar-refractivity contribution in [1.82, 2.24) is 10.3 Å². The Bertz CT molecular complexity index is 549. The SMILES string of the molecule is FC(Cc1ccc2ccccc2n1)C1CCNCC1. The molecule has 2 aromatic rings. The van der Waals surface area contributed by atoms with Gasteiger partial charge in [0.05, 0.1) is 5.52 Å². The second-order valence-corrected chi connectivity index (χ2v) is 5.30. The van der Waals surface area contributed by atoms with Crippen molar-refractivity contribution >= 4 is 10.9 Å². The number of halogens is 1. The first kappa shape index (κ1) is 12.5. The Morgan fingerprint density at radius 1 is 1.16 bits per heavy atom. The van der Waals surface area contributed by atoms with Gasteiger partial charge < -0.3 is 5.32 Å². The lowest BCUT2D eigenvalue weighted by atomic mass is 9.90. The Morgan fingerprint density at radius 3 is 2.79 bits per heavy atom. The molecule has 19 heavy (non-hydrogen) atoms. The monoisotopic (exact) mass is 258 g/mol. The van der Waals surface area contributed by atoms with Crippen molar-refractivity contribution < 1.29 is 4.39 Å². The minimum Gasteiger partial charge on any atom is -0.317 e. The number of hydrogen-bond acceptors (Lipinski definition) is 2. The molecule has 2 nitrogen and oxygen atoms in total. The number of aromatic nitrogens is 1. The average molecular weight is 258 g/mol. The van der Waals surface area contributed by atoms with E-state index in [1.54, 1.807) is 0 Å². The maximum absolute atomic E-state index is 14.3. The van der Waals surface area contributed by atoms with E-state index in [1.807, 2.05) is 36.4 Å². The summed E-state index contributed by atoms with van der Waals surface area (Å²) in [7, 11) is 0. The number of rotatable bonds is 3. The van der Waals surface area contributed by atoms with Crippen LogP contribution in [0.5, 0.6) is 0 Å². The van der Waals surface area contributed by atoms with Crippen molar-refractivity contribution in [2.24, 2.45) is 5.92 Å². The quantitative estimate of drug-likeness (QED) is 0.915. The molecule has 1 fully saturated rings. The topological polar surface area (TPSA) is 24.9 Å². The Hall–Kier alpha value is -1.48. The third-order valence-electron chi connectivity index (χ3n) is 3.96. The van der Waals surface area contributed by atoms with Gasteiger partial charge in [-0.15, -0.1) is 0 Å². The molecule has 1 aromatic carbocycles. The Balaban J connectivity index is 1.73. The van der Waals surface area contributed by atoms with Gasteiger partial charge in [0, 0.05) is 17.5 Å². The molecule has 1 aliphatic heterocycles. The van der Waals surface area contributed by atoms with Gasteiger partial charge in [-0.25, -0.2) is 4.39 Å². The van der Waals surface area contributed by atoms with E-state index in [4.69, 9.17) is 0 Å². The Morgan fingerprint density at radius 2 is 1.95 bits per heavy atom. The fourth-order valence-corrected chi connectivity index (χ4v) is 2.79. The van der Waals surface area contributed by atoms with Crippen LogP contribution in [0.3, 0.4) is 0 Å². The minimum absolute atomic E-state index is 0.189. The van der Waals surface area contributed by atoms with Gasteiger partial charge in [-0.05, 0) is 44.0 Å². The first-order valence-corrected chi connectivity index (χ1v) is 7.02. The molecule has 2 heterocycles. The molecule has 1 aliphatic rings. The van der Waals surface area contributed by atoms with Crippen molar-refractivity contribution in [2.75, 3.05) is 13.1 Å². The van der Waals surface area contributed by atoms with Crippen molar-refractivity contribution in [3.8, 4) is 0 Å². The molecule has 0 bridgehead atoms. The Kier molecular flexibility index (Phi) is 3.74. The molecular formula is C16H19FN2. The Labute approximate surface area is 113 Å². The third-order valence-corrected chi connectivity index (χ3v) is 3.96. The molecule has 0 radical (unpaired) electrons. The largest absolute Gasteiger partial charge is 0.317 e. The third kappa shape index (κ3) is 2.92. The fourth-order valence-electron chi connectivity index (χ4n) is 2.79. The number of alkyl halides is 1. The van der Waals surface area contributed by atoms with Gasteiger partial charge in [0.25, 0.3) is 0 Å². The van der Waals surface area contributed by atoms with Crippen molar-refractivity contribution in [1.29, 1.82) is 0 Å². The molecule has 0 aliphatic carbocycles. The van der Waals surface area contributed by atoms with E-state index in [2.05, 4.69) is 10.3 Å². The molecule has 1 saturated heterocycles. The van der Waals surface area contributed by atoms with E-state index in [1.165, 1.54) is 0 Å². The molecule has 0 spiro atoms. The molecule has 1 N–H and O–H groups in total. The summed E-state index contributed by atoms with van der Waals surface area (Å²) in [6, 6.07) is 12.0. The number of piperidine rings is 1. The molecule has 1 unspecified atom stereocenters. The highest BCUT2D eigenvalue weighted by Crippen LogP contribution is 2.22. The van der Waals surface area contributed by atoms with Gasteiger partial charge in [0.2, 0.25) is 0 Å². The van der Waals surface area contributed by atoms with E-state index in [0.717, 1.165) is 42.5 Å². The second kappa shape index (κ2) is 5.66. The first-order valence-electron chi connectivity index (χ1n) is 7.02. The van der Waals surface area contributed by atoms with Crippen LogP contribution < -0.4 is 5.32 Å². The maximum atomic E-state index is 14.3. The zero-order valence-corrected chi connectivity index (χ0v) is 11.0. The van der Waals surface area contributed by atoms with Crippen molar-refractivity contribution in [3.63, 3.8) is 0 Å². The smallest absolute Gasteiger partial charge is 0.109 e. The minimum atomic E-state index is -0.768. The van der Waals surface area contributed by atoms with Crippen LogP contribution in [-0.2, 0) is 6.42 Å². The van der Waals surface area contributed by atoms with Gasteiger partial charge in [-0.2, -0.15) is 0 Å². The molecule has 3 heteroatoms. The van der Waals surface area contributed by atoms with E-state index in [9.17, 15) is 4.39 Å². The van der Waals surface area contributed by atoms with Crippen LogP contribution in [0, 0.1) is 5.92 Å². The predicted octanol–water partition coefficient (Wildman–Crippen LogP) is 3.12. The molecule has 0 saturated carbocycles. The number of nitrogens with zero attached hydrogens (tertiary/aromatic N) is 1. The normalized spacial score (nSPS) is 18.6. The molecule has 1 aromatic heterocycles. The average Bonchev–Trinajstić information content (AvgIpc) is 2.48. The van der Waals surface area contributed by atoms with Crippen LogP contribution >= 0.6 is 0 Å². The predicted molar refractivity (Wildman–Crippen MR) is 75.9 cm³/mol. The summed E-state index contributed by atoms with van der Waals surface area (Å²) < 4.78 is 14.3. The zero-order valence-electron chi connectivity index (χ0n) is 11.0. The summed E-state index contributed by atoms with van der Waals surface area (Å²) in [6.07, 6.45) is 1.55. The summed E-state index contributed by atoms with van der Waals surface area (Å²) in [5, 5.41) is 4.39. The lowest BCUT2D eigenvalue weighted by Crippen LogP contribution is -2.33. The van der Waals surface area contributed by atoms with Crippen LogP contribution in [0.4, 0.5) is 4.39 Å². The van der Waals surface area contributed by atoms with Crippen molar-refractivity contribution in [3.05, 3.63) is 42.1 Å². The number of benzene rings is 1. The number of pyridine rings is 1. The summed E-state index contributed by atoms with van der Waals surface area (Å²) >= 11 is 0. The summed E-state index contributed by atoms with van der Waals surface area (Å²) in [5.74, 6) is 0.189. The standard InChI is InChI=1S/C16H19FN2/c17-15(12-7-9-18-10-8-12)11-14-6-5-13-3-1-2-4-16(13)19-14/h1-6,12,15,18H,7-11H2. The van der Waals surface area contributed by atoms with Crippen LogP contribution in [-0.4, -0.2) is 24.2 Å². The second-order valence-electron chi connectivity index (χ2n) is 5.30. The molecule has 0 amide bonds. The highest BCUT2D eigenvalue weighted by Gasteiger charge is 2.23. The van der Waals surface area contributed by atoms with Crippen LogP contribution in [0.15, 0.2) is 36.4 Å². The van der Waals surface area contributed by atoms with Gasteiger partial charge in [-0.3, -0.25) is 4.98 Å². The number of fused-ring (bicyclic) bond motifs is 1. The summed E-state index contributed by atoms with van der Waals surface area (Å²) in [4.78, 5) is 4.55. The summed E-state index contributed by atoms with van der Waals surface area (Å²) in [6.45, 7) is 1.88. The van der Waals surface area contributed by atoms with E-state index < -0.39 is 6.17 Å². The van der Waals surface area contributed by atoms with Gasteiger partial charge in [-0.1, -0.05) is 24.3 Å². The highest BCUT2D eigenvalue weighted by atomic mass is 19.1. The first-order chi connectivity index (χ1) is 9.33. The van der Waals surface area contributed by atoms with Crippen LogP contribution in [0.25, 0.3) is 10.9 Å². The maximum Gasteiger partial charge on any atom is 0.109 e. The van der Waals surface area contributed by atoms with Gasteiger partial charge in [0.15, 0.2) is 0 Å². The lowest BCUT2D eigenvalue weighted by Gasteiger charge is -2.25. The van der Waals surface area contributed by atoms with E-state index >= 15 is 0 Å². The number of para-hydroxylation sites is 1. The van der Waals surface area contributed by atoms with Gasteiger partial charge >= 0.3 is 0 Å². The number of hydrogen-bond donors (Lipinski definition) is 1. The van der Waals surface area contributed by atoms with Crippen molar-refractivity contribution in [2.45, 2.75) is 25.4 Å². The number of nitrogens with one attached hydrogen (secondary N) is 1. The fraction of sp³-hybridized carbons (Fsp3) is 0.438. The molecule has 1 atom stereocenters. The lowest BCUT2D eigenvalue weighted by molar-refractivity contribution is 0.186.